The summed E-state index contributed by atoms with van der Waals surface area (Å²) in [7, 11) is -4.76. The van der Waals surface area contributed by atoms with E-state index in [4.69, 9.17) is 29.6 Å². The highest BCUT2D eigenvalue weighted by Gasteiger charge is 2.35. The molecule has 13 nitrogen and oxygen atoms in total. The number of epoxide rings is 1. The van der Waals surface area contributed by atoms with E-state index in [-0.39, 0.29) is 25.0 Å². The molecule has 1 aliphatic rings. The van der Waals surface area contributed by atoms with Crippen LogP contribution in [0.15, 0.2) is 36.5 Å². The van der Waals surface area contributed by atoms with Gasteiger partial charge in [-0.1, -0.05) is 153 Å². The second-order valence-corrected chi connectivity index (χ2v) is 16.8. The lowest BCUT2D eigenvalue weighted by Crippen LogP contribution is -2.34. The molecule has 0 amide bonds. The van der Waals surface area contributed by atoms with Crippen LogP contribution in [-0.4, -0.2) is 83.3 Å². The standard InChI is InChI=1S/C44H78NO12P/c1-3-5-7-9-11-12-13-14-15-16-17-18-19-21-26-30-42(47)53-34-38(35-54-58(51,52)55-36-39(45)44(49)50)56-43(48)31-27-23-22-24-28-37(46)32-33-41-40(57-41)29-25-20-10-8-6-4-2/h20,22,24-25,32-33,37-41,46H,3-19,21,23,26-31,34-36,45H2,1-2H3,(H,49,50)(H,51,52)/b24-22+,25-20+,33-32-. The molecule has 1 fully saturated rings. The summed E-state index contributed by atoms with van der Waals surface area (Å²) < 4.78 is 38.2. The lowest BCUT2D eigenvalue weighted by atomic mass is 10.0. The van der Waals surface area contributed by atoms with Crippen molar-refractivity contribution in [3.05, 3.63) is 36.5 Å². The summed E-state index contributed by atoms with van der Waals surface area (Å²) in [5.74, 6) is -2.53. The number of ether oxygens (including phenoxy) is 3. The average Bonchev–Trinajstić information content (AvgIpc) is 3.96. The highest BCUT2D eigenvalue weighted by molar-refractivity contribution is 7.47. The zero-order valence-electron chi connectivity index (χ0n) is 35.7. The van der Waals surface area contributed by atoms with Gasteiger partial charge in [0.15, 0.2) is 6.10 Å². The fraction of sp³-hybridized carbons (Fsp3) is 0.795. The highest BCUT2D eigenvalue weighted by atomic mass is 31.2. The zero-order chi connectivity index (χ0) is 42.7. The van der Waals surface area contributed by atoms with E-state index in [0.717, 1.165) is 32.1 Å². The molecule has 58 heavy (non-hydrogen) atoms. The first-order chi connectivity index (χ1) is 28.0. The van der Waals surface area contributed by atoms with Crippen LogP contribution in [0.5, 0.6) is 0 Å². The molecule has 336 valence electrons. The van der Waals surface area contributed by atoms with Gasteiger partial charge in [-0.25, -0.2) is 4.57 Å². The van der Waals surface area contributed by atoms with Gasteiger partial charge in [0, 0.05) is 12.8 Å². The molecule has 1 rings (SSSR count). The van der Waals surface area contributed by atoms with E-state index >= 15 is 0 Å². The summed E-state index contributed by atoms with van der Waals surface area (Å²) in [5, 5.41) is 19.2. The Hall–Kier alpha value is -2.38. The van der Waals surface area contributed by atoms with Gasteiger partial charge in [-0.2, -0.15) is 0 Å². The number of phosphoric acid groups is 1. The van der Waals surface area contributed by atoms with E-state index < -0.39 is 63.8 Å². The monoisotopic (exact) mass is 844 g/mol. The molecule has 0 aromatic carbocycles. The number of carboxylic acid groups (broad SMARTS) is 1. The third-order valence-corrected chi connectivity index (χ3v) is 10.8. The van der Waals surface area contributed by atoms with Gasteiger partial charge in [0.1, 0.15) is 18.8 Å². The van der Waals surface area contributed by atoms with Gasteiger partial charge < -0.3 is 35.1 Å². The van der Waals surface area contributed by atoms with Gasteiger partial charge in [0.05, 0.1) is 25.4 Å². The van der Waals surface area contributed by atoms with Gasteiger partial charge in [-0.15, -0.1) is 0 Å². The van der Waals surface area contributed by atoms with Crippen LogP contribution in [0, 0.1) is 0 Å². The largest absolute Gasteiger partial charge is 0.480 e. The van der Waals surface area contributed by atoms with E-state index in [2.05, 4.69) is 30.5 Å². The van der Waals surface area contributed by atoms with Gasteiger partial charge >= 0.3 is 25.7 Å². The van der Waals surface area contributed by atoms with Crippen LogP contribution in [-0.2, 0) is 42.2 Å². The zero-order valence-corrected chi connectivity index (χ0v) is 36.6. The number of carbonyl (C=O) groups excluding carboxylic acids is 2. The van der Waals surface area contributed by atoms with Crippen LogP contribution in [0.2, 0.25) is 0 Å². The highest BCUT2D eigenvalue weighted by Crippen LogP contribution is 2.43. The molecule has 5 N–H and O–H groups in total. The molecule has 6 atom stereocenters. The number of allylic oxidation sites excluding steroid dienone is 2. The predicted molar refractivity (Wildman–Crippen MR) is 227 cm³/mol. The number of hydrogen-bond donors (Lipinski definition) is 4. The Balaban J connectivity index is 2.36. The SMILES string of the molecule is CCCCC/C=C/CC1OC1/C=C\C(O)C/C=C/CCCC(=O)OC(COC(=O)CCCCCCCCCCCCCCCCC)COP(=O)(O)OCC(N)C(=O)O. The quantitative estimate of drug-likeness (QED) is 0.0149. The van der Waals surface area contributed by atoms with Crippen molar-refractivity contribution in [3.8, 4) is 0 Å². The number of aliphatic hydroxyl groups is 1. The summed E-state index contributed by atoms with van der Waals surface area (Å²) in [4.78, 5) is 46.0. The fourth-order valence-corrected chi connectivity index (χ4v) is 6.91. The van der Waals surface area contributed by atoms with Crippen LogP contribution in [0.1, 0.15) is 174 Å². The molecule has 0 bridgehead atoms. The summed E-state index contributed by atoms with van der Waals surface area (Å²) >= 11 is 0. The van der Waals surface area contributed by atoms with E-state index in [1.807, 2.05) is 18.2 Å². The third-order valence-electron chi connectivity index (χ3n) is 9.82. The van der Waals surface area contributed by atoms with Crippen molar-refractivity contribution < 1.29 is 57.3 Å². The Labute approximate surface area is 349 Å². The van der Waals surface area contributed by atoms with Gasteiger partial charge in [-0.3, -0.25) is 23.4 Å². The van der Waals surface area contributed by atoms with E-state index in [9.17, 15) is 28.9 Å². The topological polar surface area (TPSA) is 204 Å². The van der Waals surface area contributed by atoms with Crippen molar-refractivity contribution in [2.24, 2.45) is 5.73 Å². The number of phosphoric ester groups is 1. The van der Waals surface area contributed by atoms with Crippen molar-refractivity contribution >= 4 is 25.7 Å². The molecule has 0 aromatic rings. The van der Waals surface area contributed by atoms with E-state index in [1.165, 1.54) is 89.9 Å². The molecule has 6 unspecified atom stereocenters. The smallest absolute Gasteiger partial charge is 0.472 e. The molecule has 1 saturated heterocycles. The number of nitrogens with two attached hydrogens (primary N) is 1. The first-order valence-corrected chi connectivity index (χ1v) is 23.7. The average molecular weight is 844 g/mol. The molecule has 1 heterocycles. The van der Waals surface area contributed by atoms with Crippen LogP contribution >= 0.6 is 7.82 Å². The molecule has 0 saturated carbocycles. The maximum Gasteiger partial charge on any atom is 0.472 e. The number of unbranched alkanes of at least 4 members (excludes halogenated alkanes) is 18. The number of aliphatic hydroxyl groups excluding tert-OH is 1. The number of aliphatic carboxylic acids is 1. The minimum atomic E-state index is -4.76. The van der Waals surface area contributed by atoms with Crippen LogP contribution in [0.4, 0.5) is 0 Å². The van der Waals surface area contributed by atoms with Crippen LogP contribution in [0.25, 0.3) is 0 Å². The van der Waals surface area contributed by atoms with Crippen LogP contribution in [0.3, 0.4) is 0 Å². The van der Waals surface area contributed by atoms with Crippen molar-refractivity contribution in [1.82, 2.24) is 0 Å². The van der Waals surface area contributed by atoms with Crippen molar-refractivity contribution in [3.63, 3.8) is 0 Å². The summed E-state index contributed by atoms with van der Waals surface area (Å²) in [5.41, 5.74) is 5.33. The lowest BCUT2D eigenvalue weighted by molar-refractivity contribution is -0.161. The van der Waals surface area contributed by atoms with Gasteiger partial charge in [0.25, 0.3) is 0 Å². The summed E-state index contributed by atoms with van der Waals surface area (Å²) in [6.45, 7) is 2.62. The molecular formula is C44H78NO12P. The van der Waals surface area contributed by atoms with Crippen LogP contribution < -0.4 is 5.73 Å². The first-order valence-electron chi connectivity index (χ1n) is 22.2. The number of carboxylic acids is 1. The Morgan fingerprint density at radius 3 is 1.86 bits per heavy atom. The minimum Gasteiger partial charge on any atom is -0.480 e. The van der Waals surface area contributed by atoms with Gasteiger partial charge in [-0.05, 0) is 44.9 Å². The number of hydrogen-bond acceptors (Lipinski definition) is 11. The number of carbonyl (C=O) groups is 3. The molecular weight excluding hydrogens is 765 g/mol. The van der Waals surface area contributed by atoms with Crippen molar-refractivity contribution in [2.75, 3.05) is 19.8 Å². The fourth-order valence-electron chi connectivity index (χ4n) is 6.13. The molecule has 1 aliphatic heterocycles. The Morgan fingerprint density at radius 2 is 1.24 bits per heavy atom. The Bertz CT molecular complexity index is 1210. The Kier molecular flexibility index (Phi) is 32.7. The normalized spacial score (nSPS) is 18.1. The maximum absolute atomic E-state index is 12.6. The van der Waals surface area contributed by atoms with Crippen molar-refractivity contribution in [1.29, 1.82) is 0 Å². The molecule has 0 aliphatic carbocycles. The number of rotatable bonds is 40. The second-order valence-electron chi connectivity index (χ2n) is 15.4. The first kappa shape index (κ1) is 53.6. The third kappa shape index (κ3) is 32.5. The summed E-state index contributed by atoms with van der Waals surface area (Å²) in [6.07, 6.45) is 35.5. The van der Waals surface area contributed by atoms with Crippen molar-refractivity contribution in [2.45, 2.75) is 205 Å². The van der Waals surface area contributed by atoms with Gasteiger partial charge in [0.2, 0.25) is 0 Å². The molecule has 0 spiro atoms. The minimum absolute atomic E-state index is 0.0184. The van der Waals surface area contributed by atoms with E-state index in [0.29, 0.717) is 25.7 Å². The van der Waals surface area contributed by atoms with E-state index in [1.54, 1.807) is 6.08 Å². The predicted octanol–water partition coefficient (Wildman–Crippen LogP) is 9.58. The summed E-state index contributed by atoms with van der Waals surface area (Å²) in [6, 6.07) is -1.55. The lowest BCUT2D eigenvalue weighted by Gasteiger charge is -2.20. The molecule has 14 heteroatoms. The Morgan fingerprint density at radius 1 is 0.707 bits per heavy atom. The maximum atomic E-state index is 12.6. The molecule has 0 aromatic heterocycles. The molecule has 0 radical (unpaired) electrons. The number of esters is 2. The second kappa shape index (κ2) is 35.4.